The van der Waals surface area contributed by atoms with E-state index in [0.29, 0.717) is 13.0 Å². The summed E-state index contributed by atoms with van der Waals surface area (Å²) >= 11 is 0. The monoisotopic (exact) mass is 280 g/mol. The summed E-state index contributed by atoms with van der Waals surface area (Å²) in [7, 11) is 0. The van der Waals surface area contributed by atoms with Crippen LogP contribution in [0, 0.1) is 22.5 Å². The van der Waals surface area contributed by atoms with Gasteiger partial charge in [-0.25, -0.2) is 4.98 Å². The lowest BCUT2D eigenvalue weighted by Crippen LogP contribution is -2.37. The van der Waals surface area contributed by atoms with Gasteiger partial charge in [0, 0.05) is 13.1 Å². The zero-order valence-electron chi connectivity index (χ0n) is 11.3. The zero-order valence-corrected chi connectivity index (χ0v) is 11.3. The summed E-state index contributed by atoms with van der Waals surface area (Å²) in [4.78, 5) is 31.5. The Hall–Kier alpha value is -2.45. The maximum absolute atomic E-state index is 11.5. The number of carbonyl (C=O) groups excluding carboxylic acids is 1. The first-order chi connectivity index (χ1) is 9.24. The van der Waals surface area contributed by atoms with E-state index in [4.69, 9.17) is 11.5 Å². The molecule has 0 aromatic carbocycles. The Morgan fingerprint density at radius 2 is 2.15 bits per heavy atom. The van der Waals surface area contributed by atoms with Gasteiger partial charge in [-0.3, -0.25) is 14.9 Å². The number of carbonyl (C=O) groups is 1. The first-order valence-corrected chi connectivity index (χ1v) is 6.08. The number of nitrogens with two attached hydrogens (primary N) is 2. The number of rotatable bonds is 3. The van der Waals surface area contributed by atoms with Gasteiger partial charge in [-0.1, -0.05) is 0 Å². The Morgan fingerprint density at radius 1 is 1.50 bits per heavy atom. The Morgan fingerprint density at radius 3 is 2.65 bits per heavy atom. The van der Waals surface area contributed by atoms with Crippen molar-refractivity contribution in [1.29, 1.82) is 0 Å². The third-order valence-electron chi connectivity index (χ3n) is 3.61. The highest BCUT2D eigenvalue weighted by Gasteiger charge is 2.41. The van der Waals surface area contributed by atoms with E-state index in [1.165, 1.54) is 6.92 Å². The number of anilines is 2. The van der Waals surface area contributed by atoms with Crippen LogP contribution in [0.25, 0.3) is 0 Å². The topological polar surface area (TPSA) is 141 Å². The van der Waals surface area contributed by atoms with Gasteiger partial charge in [0.15, 0.2) is 0 Å². The molecule has 20 heavy (non-hydrogen) atoms. The average molecular weight is 280 g/mol. The molecular formula is C11H16N6O3. The molecule has 0 radical (unpaired) electrons. The Balaban J connectivity index is 2.44. The van der Waals surface area contributed by atoms with Crippen LogP contribution < -0.4 is 16.4 Å². The predicted octanol–water partition coefficient (Wildman–Crippen LogP) is -0.0229. The molecular weight excluding hydrogens is 264 g/mol. The number of aryl methyl sites for hydroxylation is 1. The maximum Gasteiger partial charge on any atom is 0.332 e. The summed E-state index contributed by atoms with van der Waals surface area (Å²) in [6, 6.07) is 0. The summed E-state index contributed by atoms with van der Waals surface area (Å²) in [5.41, 5.74) is 10.2. The first-order valence-electron chi connectivity index (χ1n) is 6.08. The number of hydrogen-bond acceptors (Lipinski definition) is 7. The minimum Gasteiger partial charge on any atom is -0.369 e. The molecule has 1 fully saturated rings. The second-order valence-corrected chi connectivity index (χ2v) is 5.19. The van der Waals surface area contributed by atoms with Crippen molar-refractivity contribution < 1.29 is 9.72 Å². The Labute approximate surface area is 115 Å². The van der Waals surface area contributed by atoms with Gasteiger partial charge in [-0.15, -0.1) is 0 Å². The van der Waals surface area contributed by atoms with Gasteiger partial charge in [0.25, 0.3) is 0 Å². The molecule has 9 heteroatoms. The van der Waals surface area contributed by atoms with E-state index in [2.05, 4.69) is 9.97 Å². The largest absolute Gasteiger partial charge is 0.369 e. The van der Waals surface area contributed by atoms with E-state index >= 15 is 0 Å². The lowest BCUT2D eigenvalue weighted by Gasteiger charge is -2.21. The molecule has 1 aliphatic rings. The molecule has 0 spiro atoms. The molecule has 0 bridgehead atoms. The van der Waals surface area contributed by atoms with Crippen LogP contribution in [-0.2, 0) is 4.79 Å². The molecule has 1 aromatic heterocycles. The van der Waals surface area contributed by atoms with E-state index in [9.17, 15) is 14.9 Å². The molecule has 1 aliphatic heterocycles. The van der Waals surface area contributed by atoms with Crippen LogP contribution in [0.2, 0.25) is 0 Å². The molecule has 1 atom stereocenters. The van der Waals surface area contributed by atoms with Crippen molar-refractivity contribution in [2.75, 3.05) is 23.7 Å². The minimum absolute atomic E-state index is 0.0317. The van der Waals surface area contributed by atoms with Crippen molar-refractivity contribution in [2.45, 2.75) is 20.3 Å². The standard InChI is InChI=1S/C11H16N6O3/c1-6-7(17(19)20)8(15-10(13)14-6)16-4-3-11(2,5-16)9(12)18/h3-5H2,1-2H3,(H2,12,18)(H2,13,14,15). The van der Waals surface area contributed by atoms with Crippen LogP contribution >= 0.6 is 0 Å². The van der Waals surface area contributed by atoms with Gasteiger partial charge in [0.1, 0.15) is 5.69 Å². The Bertz CT molecular complexity index is 590. The van der Waals surface area contributed by atoms with Crippen LogP contribution in [0.1, 0.15) is 19.0 Å². The summed E-state index contributed by atoms with van der Waals surface area (Å²) in [5, 5.41) is 11.2. The normalized spacial score (nSPS) is 22.0. The molecule has 9 nitrogen and oxygen atoms in total. The van der Waals surface area contributed by atoms with Gasteiger partial charge in [0.2, 0.25) is 17.7 Å². The molecule has 1 amide bonds. The van der Waals surface area contributed by atoms with Crippen LogP contribution in [-0.4, -0.2) is 33.9 Å². The predicted molar refractivity (Wildman–Crippen MR) is 72.0 cm³/mol. The second-order valence-electron chi connectivity index (χ2n) is 5.19. The number of primary amides is 1. The maximum atomic E-state index is 11.5. The summed E-state index contributed by atoms with van der Waals surface area (Å²) in [6.07, 6.45) is 0.516. The number of nitrogen functional groups attached to an aromatic ring is 1. The second kappa shape index (κ2) is 4.58. The Kier molecular flexibility index (Phi) is 3.20. The van der Waals surface area contributed by atoms with Gasteiger partial charge < -0.3 is 16.4 Å². The van der Waals surface area contributed by atoms with Gasteiger partial charge >= 0.3 is 5.69 Å². The number of amides is 1. The molecule has 108 valence electrons. The van der Waals surface area contributed by atoms with Gasteiger partial charge in [-0.2, -0.15) is 4.98 Å². The van der Waals surface area contributed by atoms with Crippen LogP contribution in [0.5, 0.6) is 0 Å². The van der Waals surface area contributed by atoms with Crippen molar-refractivity contribution in [2.24, 2.45) is 11.1 Å². The minimum atomic E-state index is -0.721. The van der Waals surface area contributed by atoms with Crippen LogP contribution in [0.15, 0.2) is 0 Å². The van der Waals surface area contributed by atoms with E-state index in [1.54, 1.807) is 11.8 Å². The van der Waals surface area contributed by atoms with E-state index in [-0.39, 0.29) is 29.7 Å². The number of aromatic nitrogens is 2. The SMILES string of the molecule is Cc1nc(N)nc(N2CCC(C)(C(N)=O)C2)c1[N+](=O)[O-]. The molecule has 2 heterocycles. The fraction of sp³-hybridized carbons (Fsp3) is 0.545. The highest BCUT2D eigenvalue weighted by atomic mass is 16.6. The molecule has 4 N–H and O–H groups in total. The number of hydrogen-bond donors (Lipinski definition) is 2. The molecule has 0 saturated carbocycles. The van der Waals surface area contributed by atoms with E-state index < -0.39 is 16.2 Å². The molecule has 2 rings (SSSR count). The number of nitro groups is 1. The van der Waals surface area contributed by atoms with Crippen molar-refractivity contribution >= 4 is 23.4 Å². The lowest BCUT2D eigenvalue weighted by atomic mass is 9.89. The highest BCUT2D eigenvalue weighted by molar-refractivity contribution is 5.82. The highest BCUT2D eigenvalue weighted by Crippen LogP contribution is 2.37. The van der Waals surface area contributed by atoms with Crippen molar-refractivity contribution in [1.82, 2.24) is 9.97 Å². The smallest absolute Gasteiger partial charge is 0.332 e. The lowest BCUT2D eigenvalue weighted by molar-refractivity contribution is -0.385. The number of nitrogens with zero attached hydrogens (tertiary/aromatic N) is 4. The van der Waals surface area contributed by atoms with Gasteiger partial charge in [0.05, 0.1) is 10.3 Å². The average Bonchev–Trinajstić information content (AvgIpc) is 2.71. The van der Waals surface area contributed by atoms with Crippen molar-refractivity contribution in [3.05, 3.63) is 15.8 Å². The van der Waals surface area contributed by atoms with Crippen molar-refractivity contribution in [3.8, 4) is 0 Å². The third kappa shape index (κ3) is 2.22. The molecule has 0 aliphatic carbocycles. The van der Waals surface area contributed by atoms with Crippen LogP contribution in [0.4, 0.5) is 17.5 Å². The third-order valence-corrected chi connectivity index (χ3v) is 3.61. The van der Waals surface area contributed by atoms with E-state index in [1.807, 2.05) is 0 Å². The molecule has 1 saturated heterocycles. The quantitative estimate of drug-likeness (QED) is 0.585. The fourth-order valence-electron chi connectivity index (χ4n) is 2.35. The fourth-order valence-corrected chi connectivity index (χ4v) is 2.35. The molecule has 1 aromatic rings. The summed E-state index contributed by atoms with van der Waals surface area (Å²) in [6.45, 7) is 3.97. The zero-order chi connectivity index (χ0) is 15.1. The first kappa shape index (κ1) is 14.0. The van der Waals surface area contributed by atoms with Crippen LogP contribution in [0.3, 0.4) is 0 Å². The van der Waals surface area contributed by atoms with Gasteiger partial charge in [-0.05, 0) is 20.3 Å². The summed E-state index contributed by atoms with van der Waals surface area (Å²) in [5.74, 6) is -0.317. The van der Waals surface area contributed by atoms with Crippen molar-refractivity contribution in [3.63, 3.8) is 0 Å². The van der Waals surface area contributed by atoms with E-state index in [0.717, 1.165) is 0 Å². The summed E-state index contributed by atoms with van der Waals surface area (Å²) < 4.78 is 0. The molecule has 1 unspecified atom stereocenters.